The first kappa shape index (κ1) is 84.3. The molecule has 2 nitrogen and oxygen atoms in total. The number of benzene rings is 14. The van der Waals surface area contributed by atoms with Gasteiger partial charge in [-0.1, -0.05) is 327 Å². The van der Waals surface area contributed by atoms with Crippen molar-refractivity contribution < 1.29 is 9.47 Å². The second-order valence-corrected chi connectivity index (χ2v) is 30.6. The summed E-state index contributed by atoms with van der Waals surface area (Å²) in [5.74, 6) is 3.59. The molecule has 0 aliphatic heterocycles. The number of ether oxygens (including phenoxy) is 2. The molecule has 0 fully saturated rings. The highest BCUT2D eigenvalue weighted by Gasteiger charge is 2.07. The molecule has 0 spiro atoms. The van der Waals surface area contributed by atoms with E-state index in [2.05, 4.69) is 406 Å². The summed E-state index contributed by atoms with van der Waals surface area (Å²) in [4.78, 5) is 0. The average molecular weight is 1450 g/mol. The van der Waals surface area contributed by atoms with E-state index < -0.39 is 0 Å². The minimum absolute atomic E-state index is 0.883. The van der Waals surface area contributed by atoms with Crippen LogP contribution in [0.4, 0.5) is 0 Å². The van der Waals surface area contributed by atoms with Crippen LogP contribution >= 0.6 is 0 Å². The van der Waals surface area contributed by atoms with E-state index in [1.807, 2.05) is 36.4 Å². The normalized spacial score (nSPS) is 10.3. The van der Waals surface area contributed by atoms with Crippen molar-refractivity contribution >= 4 is 0 Å². The van der Waals surface area contributed by atoms with Crippen molar-refractivity contribution in [2.45, 2.75) is 165 Å². The van der Waals surface area contributed by atoms with Gasteiger partial charge in [0.15, 0.2) is 0 Å². The molecule has 0 atom stereocenters. The average Bonchev–Trinajstić information content (AvgIpc) is 0.856. The Morgan fingerprint density at radius 3 is 0.936 bits per heavy atom. The molecule has 0 aliphatic rings. The molecule has 0 heterocycles. The van der Waals surface area contributed by atoms with Crippen LogP contribution in [-0.4, -0.2) is 0 Å². The lowest BCUT2D eigenvalue weighted by Gasteiger charge is -2.09. The summed E-state index contributed by atoms with van der Waals surface area (Å²) >= 11 is 0. The lowest BCUT2D eigenvalue weighted by Crippen LogP contribution is -1.91. The molecule has 0 amide bonds. The van der Waals surface area contributed by atoms with Crippen LogP contribution in [0.25, 0.3) is 22.3 Å². The molecule has 14 aromatic rings. The highest BCUT2D eigenvalue weighted by Crippen LogP contribution is 2.29. The fourth-order valence-corrected chi connectivity index (χ4v) is 13.0. The Balaban J connectivity index is 0.000000161. The van der Waals surface area contributed by atoms with E-state index in [4.69, 9.17) is 9.47 Å². The molecule has 2 heteroatoms. The molecule has 110 heavy (non-hydrogen) atoms. The SMILES string of the molecule is Cc1ccc(-c2ccc(C)c(C)c2)cc1.Cc1ccc(-c2ccc(C)cc2C)cc1.Cc1ccc(Cc2cc(C)cc(C)c2)cc1.Cc1ccc(Oc2ccc(C)c(C)c2)cc1.Cc1ccc(Oc2ccc(C)cc2C)cc1.Cc1cccc(Cc2cc(C)cc(C)c2)c1.Cc1cccc(Cc2ccc(C)c(C)c2)c1. The zero-order valence-corrected chi connectivity index (χ0v) is 69.7. The first-order valence-corrected chi connectivity index (χ1v) is 38.8. The number of aryl methyl sites for hydroxylation is 21. The van der Waals surface area contributed by atoms with E-state index in [9.17, 15) is 0 Å². The van der Waals surface area contributed by atoms with Crippen LogP contribution < -0.4 is 9.47 Å². The van der Waals surface area contributed by atoms with Gasteiger partial charge in [-0.3, -0.25) is 0 Å². The van der Waals surface area contributed by atoms with Gasteiger partial charge >= 0.3 is 0 Å². The van der Waals surface area contributed by atoms with Gasteiger partial charge in [-0.25, -0.2) is 0 Å². The van der Waals surface area contributed by atoms with E-state index in [0.29, 0.717) is 0 Å². The second kappa shape index (κ2) is 41.9. The van der Waals surface area contributed by atoms with Crippen molar-refractivity contribution in [3.8, 4) is 45.3 Å². The maximum absolute atomic E-state index is 5.82. The van der Waals surface area contributed by atoms with Crippen LogP contribution in [0.1, 0.15) is 150 Å². The smallest absolute Gasteiger partial charge is 0.130 e. The summed E-state index contributed by atoms with van der Waals surface area (Å²) in [6, 6.07) is 106. The Morgan fingerprint density at radius 1 is 0.164 bits per heavy atom. The highest BCUT2D eigenvalue weighted by atomic mass is 16.5. The molecule has 0 aliphatic carbocycles. The van der Waals surface area contributed by atoms with E-state index in [1.165, 1.54) is 172 Å². The molecular formula is C108H118O2. The zero-order valence-electron chi connectivity index (χ0n) is 69.7. The predicted octanol–water partition coefficient (Wildman–Crippen LogP) is 30.0. The topological polar surface area (TPSA) is 18.5 Å². The van der Waals surface area contributed by atoms with Gasteiger partial charge in [0.2, 0.25) is 0 Å². The van der Waals surface area contributed by atoms with Gasteiger partial charge in [0, 0.05) is 0 Å². The van der Waals surface area contributed by atoms with E-state index in [-0.39, 0.29) is 0 Å². The van der Waals surface area contributed by atoms with Crippen LogP contribution in [0.15, 0.2) is 297 Å². The Kier molecular flexibility index (Phi) is 32.1. The lowest BCUT2D eigenvalue weighted by molar-refractivity contribution is 0.478. The van der Waals surface area contributed by atoms with Gasteiger partial charge in [0.1, 0.15) is 23.0 Å². The summed E-state index contributed by atoms with van der Waals surface area (Å²) in [6.07, 6.45) is 3.09. The molecule has 0 unspecified atom stereocenters. The number of hydrogen-bond acceptors (Lipinski definition) is 2. The highest BCUT2D eigenvalue weighted by molar-refractivity contribution is 5.68. The molecule has 0 radical (unpaired) electrons. The molecule has 0 aromatic heterocycles. The molecule has 14 aromatic carbocycles. The monoisotopic (exact) mass is 1450 g/mol. The summed E-state index contributed by atoms with van der Waals surface area (Å²) in [6.45, 7) is 44.7. The fraction of sp³-hybridized carbons (Fsp3) is 0.222. The third-order valence-electron chi connectivity index (χ3n) is 19.6. The van der Waals surface area contributed by atoms with Gasteiger partial charge in [-0.2, -0.15) is 0 Å². The molecular weight excluding hydrogens is 1330 g/mol. The minimum Gasteiger partial charge on any atom is -0.457 e. The summed E-state index contributed by atoms with van der Waals surface area (Å²) in [5, 5.41) is 0. The van der Waals surface area contributed by atoms with Crippen molar-refractivity contribution in [1.82, 2.24) is 0 Å². The largest absolute Gasteiger partial charge is 0.457 e. The molecule has 14 rings (SSSR count). The number of hydrogen-bond donors (Lipinski definition) is 0. The summed E-state index contributed by atoms with van der Waals surface area (Å²) in [7, 11) is 0. The van der Waals surface area contributed by atoms with Crippen molar-refractivity contribution in [1.29, 1.82) is 0 Å². The van der Waals surface area contributed by atoms with Gasteiger partial charge in [-0.05, 0) is 307 Å². The van der Waals surface area contributed by atoms with Crippen LogP contribution in [0.3, 0.4) is 0 Å². The Hall–Kier alpha value is -11.3. The van der Waals surface area contributed by atoms with Crippen molar-refractivity contribution in [2.24, 2.45) is 0 Å². The Bertz CT molecular complexity index is 5180. The van der Waals surface area contributed by atoms with E-state index in [1.54, 1.807) is 0 Å². The van der Waals surface area contributed by atoms with Gasteiger partial charge < -0.3 is 9.47 Å². The molecule has 0 bridgehead atoms. The van der Waals surface area contributed by atoms with E-state index in [0.717, 1.165) is 42.3 Å². The third kappa shape index (κ3) is 28.7. The molecule has 0 saturated heterocycles. The Labute approximate surface area is 662 Å². The minimum atomic E-state index is 0.883. The molecule has 562 valence electrons. The van der Waals surface area contributed by atoms with Crippen LogP contribution in [0.5, 0.6) is 23.0 Å². The Morgan fingerprint density at radius 2 is 0.491 bits per heavy atom. The van der Waals surface area contributed by atoms with Crippen molar-refractivity contribution in [2.75, 3.05) is 0 Å². The van der Waals surface area contributed by atoms with Gasteiger partial charge in [-0.15, -0.1) is 0 Å². The van der Waals surface area contributed by atoms with Crippen LogP contribution in [0.2, 0.25) is 0 Å². The maximum atomic E-state index is 5.82. The maximum Gasteiger partial charge on any atom is 0.130 e. The van der Waals surface area contributed by atoms with E-state index >= 15 is 0 Å². The first-order valence-electron chi connectivity index (χ1n) is 38.8. The second-order valence-electron chi connectivity index (χ2n) is 30.6. The van der Waals surface area contributed by atoms with Crippen molar-refractivity contribution in [3.63, 3.8) is 0 Å². The standard InChI is InChI=1S/3C16H18.2C15H16O.2C15H16/c1-12-4-6-15(7-5-12)11-16-9-13(2)8-14(3)10-16;1-12-5-4-6-15(8-12)11-16-9-13(2)7-14(3)10-16;1-12-5-4-6-15(9-12)11-16-8-7-13(2)14(3)10-16;1-11-4-7-14(8-5-11)16-15-9-6-12(2)13(3)10-15;1-11-4-7-14(8-5-11)16-15-9-6-12(2)10-13(15)3;1-11-4-7-14(8-5-11)15-9-6-12(2)13(3)10-15;1-11-4-7-14(8-5-11)15-9-6-12(2)10-13(15)3/h3*4-10H,11H2,1-3H3;2*4-10H,1-3H3;2*4-10H,1-3H3. The predicted molar refractivity (Wildman–Crippen MR) is 476 cm³/mol. The first-order chi connectivity index (χ1) is 52.5. The van der Waals surface area contributed by atoms with Crippen molar-refractivity contribution in [3.05, 3.63) is 447 Å². The molecule has 0 saturated carbocycles. The fourth-order valence-electron chi connectivity index (χ4n) is 13.0. The van der Waals surface area contributed by atoms with Gasteiger partial charge in [0.05, 0.1) is 0 Å². The lowest BCUT2D eigenvalue weighted by atomic mass is 9.98. The quantitative estimate of drug-likeness (QED) is 0.121. The zero-order chi connectivity index (χ0) is 79.4. The van der Waals surface area contributed by atoms with Crippen LogP contribution in [0, 0.1) is 145 Å². The van der Waals surface area contributed by atoms with Crippen LogP contribution in [-0.2, 0) is 19.3 Å². The van der Waals surface area contributed by atoms with Gasteiger partial charge in [0.25, 0.3) is 0 Å². The summed E-state index contributed by atoms with van der Waals surface area (Å²) < 4.78 is 11.6. The number of rotatable bonds is 12. The summed E-state index contributed by atoms with van der Waals surface area (Å²) in [5.41, 5.74) is 41.2. The molecule has 0 N–H and O–H groups in total. The third-order valence-corrected chi connectivity index (χ3v) is 19.6.